The van der Waals surface area contributed by atoms with Gasteiger partial charge in [0.25, 0.3) is 0 Å². The maximum atomic E-state index is 14.6. The van der Waals surface area contributed by atoms with Crippen molar-refractivity contribution in [3.05, 3.63) is 184 Å². The second kappa shape index (κ2) is 12.0. The molecule has 1 aliphatic rings. The number of benzene rings is 7. The number of para-hydroxylation sites is 2. The molecule has 52 heavy (non-hydrogen) atoms. The van der Waals surface area contributed by atoms with Crippen LogP contribution in [0.3, 0.4) is 0 Å². The molecule has 1 aliphatic heterocycles. The van der Waals surface area contributed by atoms with E-state index in [1.54, 1.807) is 0 Å². The quantitative estimate of drug-likeness (QED) is 0.175. The van der Waals surface area contributed by atoms with Gasteiger partial charge < -0.3 is 9.47 Å². The highest BCUT2D eigenvalue weighted by Crippen LogP contribution is 2.42. The van der Waals surface area contributed by atoms with Gasteiger partial charge in [0.1, 0.15) is 0 Å². The van der Waals surface area contributed by atoms with E-state index in [9.17, 15) is 4.79 Å². The summed E-state index contributed by atoms with van der Waals surface area (Å²) in [5, 5.41) is 9.15. The molecule has 8 aromatic rings. The molecule has 0 N–H and O–H groups in total. The minimum atomic E-state index is -0.0271. The van der Waals surface area contributed by atoms with Crippen LogP contribution in [0.2, 0.25) is 0 Å². The number of rotatable bonds is 4. The fourth-order valence-corrected chi connectivity index (χ4v) is 8.34. The minimum Gasteiger partial charge on any atom is -0.344 e. The van der Waals surface area contributed by atoms with E-state index in [-0.39, 0.29) is 5.43 Å². The van der Waals surface area contributed by atoms with Crippen molar-refractivity contribution in [2.24, 2.45) is 7.05 Å². The number of nitrogens with zero attached hydrogens (tertiary/aromatic N) is 2. The van der Waals surface area contributed by atoms with Crippen LogP contribution < -0.4 is 20.9 Å². The summed E-state index contributed by atoms with van der Waals surface area (Å²) in [4.78, 5) is 16.7. The normalized spacial score (nSPS) is 13.9. The fourth-order valence-electron chi connectivity index (χ4n) is 8.34. The Kier molecular flexibility index (Phi) is 7.20. The van der Waals surface area contributed by atoms with Gasteiger partial charge in [-0.05, 0) is 84.9 Å². The second-order valence-electron chi connectivity index (χ2n) is 13.5. The van der Waals surface area contributed by atoms with Gasteiger partial charge in [0.15, 0.2) is 5.43 Å². The van der Waals surface area contributed by atoms with Crippen molar-refractivity contribution in [2.45, 2.75) is 0 Å². The number of anilines is 1. The molecule has 0 saturated carbocycles. The molecule has 3 heteroatoms. The van der Waals surface area contributed by atoms with Crippen molar-refractivity contribution in [3.8, 4) is 22.3 Å². The third-order valence-corrected chi connectivity index (χ3v) is 10.8. The predicted octanol–water partition coefficient (Wildman–Crippen LogP) is 10.2. The van der Waals surface area contributed by atoms with E-state index >= 15 is 0 Å². The predicted molar refractivity (Wildman–Crippen MR) is 224 cm³/mol. The molecule has 0 radical (unpaired) electrons. The molecule has 0 spiro atoms. The summed E-state index contributed by atoms with van der Waals surface area (Å²) in [6.45, 7) is 12.9. The average Bonchev–Trinajstić information content (AvgIpc) is 3.18. The molecule has 0 atom stereocenters. The van der Waals surface area contributed by atoms with E-state index in [1.165, 1.54) is 21.5 Å². The first kappa shape index (κ1) is 31.3. The lowest BCUT2D eigenvalue weighted by Gasteiger charge is -2.27. The molecule has 7 aromatic carbocycles. The van der Waals surface area contributed by atoms with Gasteiger partial charge in [-0.25, -0.2) is 0 Å². The van der Waals surface area contributed by atoms with E-state index < -0.39 is 0 Å². The average molecular weight is 669 g/mol. The maximum absolute atomic E-state index is 14.6. The van der Waals surface area contributed by atoms with E-state index in [4.69, 9.17) is 0 Å². The van der Waals surface area contributed by atoms with E-state index in [0.717, 1.165) is 72.0 Å². The molecule has 9 rings (SSSR count). The number of hydrogen-bond donors (Lipinski definition) is 0. The Morgan fingerprint density at radius 3 is 1.90 bits per heavy atom. The summed E-state index contributed by atoms with van der Waals surface area (Å²) >= 11 is 0. The molecule has 0 fully saturated rings. The molecule has 0 bridgehead atoms. The third kappa shape index (κ3) is 4.56. The Hall–Kier alpha value is -6.71. The van der Waals surface area contributed by atoms with Crippen LogP contribution in [0.25, 0.3) is 89.8 Å². The molecule has 3 nitrogen and oxygen atoms in total. The fraction of sp³-hybridized carbons (Fsp3) is 0.0408. The molecule has 0 amide bonds. The summed E-state index contributed by atoms with van der Waals surface area (Å²) in [6.07, 6.45) is 7.91. The molecule has 248 valence electrons. The summed E-state index contributed by atoms with van der Waals surface area (Å²) in [5.41, 5.74) is 9.86. The molecule has 1 aromatic heterocycles. The van der Waals surface area contributed by atoms with Crippen molar-refractivity contribution in [1.29, 1.82) is 0 Å². The van der Waals surface area contributed by atoms with Crippen molar-refractivity contribution in [2.75, 3.05) is 11.9 Å². The largest absolute Gasteiger partial charge is 0.344 e. The Morgan fingerprint density at radius 2 is 1.15 bits per heavy atom. The number of hydrogen-bond acceptors (Lipinski definition) is 2. The zero-order valence-electron chi connectivity index (χ0n) is 29.3. The van der Waals surface area contributed by atoms with Crippen LogP contribution in [-0.2, 0) is 7.05 Å². The van der Waals surface area contributed by atoms with Gasteiger partial charge in [0.05, 0.1) is 16.6 Å². The van der Waals surface area contributed by atoms with E-state index in [1.807, 2.05) is 43.5 Å². The van der Waals surface area contributed by atoms with Crippen LogP contribution in [0.5, 0.6) is 0 Å². The lowest BCUT2D eigenvalue weighted by Crippen LogP contribution is -2.46. The first-order valence-corrected chi connectivity index (χ1v) is 17.5. The van der Waals surface area contributed by atoms with E-state index in [2.05, 4.69) is 145 Å². The monoisotopic (exact) mass is 668 g/mol. The Balaban J connectivity index is 1.38. The summed E-state index contributed by atoms with van der Waals surface area (Å²) in [6, 6.07) is 42.5. The molecule has 0 aliphatic carbocycles. The van der Waals surface area contributed by atoms with Crippen LogP contribution in [0.4, 0.5) is 5.69 Å². The Bertz CT molecular complexity index is 3070. The Morgan fingerprint density at radius 1 is 0.558 bits per heavy atom. The maximum Gasteiger partial charge on any atom is 0.197 e. The molecule has 2 heterocycles. The number of pyridine rings is 1. The van der Waals surface area contributed by atoms with Crippen LogP contribution >= 0.6 is 0 Å². The van der Waals surface area contributed by atoms with Crippen LogP contribution in [0.1, 0.15) is 16.7 Å². The third-order valence-electron chi connectivity index (χ3n) is 10.8. The minimum absolute atomic E-state index is 0.0271. The molecule has 0 saturated heterocycles. The smallest absolute Gasteiger partial charge is 0.197 e. The van der Waals surface area contributed by atoms with Crippen LogP contribution in [0.15, 0.2) is 152 Å². The van der Waals surface area contributed by atoms with Crippen LogP contribution in [-0.4, -0.2) is 11.6 Å². The van der Waals surface area contributed by atoms with Crippen molar-refractivity contribution in [3.63, 3.8) is 0 Å². The molecular weight excluding hydrogens is 633 g/mol. The van der Waals surface area contributed by atoms with Gasteiger partial charge in [0.2, 0.25) is 0 Å². The van der Waals surface area contributed by atoms with Crippen molar-refractivity contribution < 1.29 is 0 Å². The van der Waals surface area contributed by atoms with Crippen LogP contribution in [0, 0.1) is 0 Å². The molecule has 0 unspecified atom stereocenters. The van der Waals surface area contributed by atoms with Gasteiger partial charge in [-0.15, -0.1) is 0 Å². The molecular formula is C49H36N2O. The summed E-state index contributed by atoms with van der Waals surface area (Å²) in [7, 11) is 4.10. The first-order chi connectivity index (χ1) is 25.4. The zero-order chi connectivity index (χ0) is 35.7. The van der Waals surface area contributed by atoms with Gasteiger partial charge in [-0.3, -0.25) is 4.79 Å². The summed E-state index contributed by atoms with van der Waals surface area (Å²) < 4.78 is 2.17. The SMILES string of the molecule is C=Cc1c(-c2cccc3c(=O)c4/c(n(C)c23)=C\c2cccc(-c3cc5ccccc5c5ccccc35)c2N(C)C(=C)\C=4)cc2ccccc2c1C=C. The highest BCUT2D eigenvalue weighted by molar-refractivity contribution is 6.15. The topological polar surface area (TPSA) is 25.2 Å². The van der Waals surface area contributed by atoms with Crippen molar-refractivity contribution >= 4 is 73.2 Å². The standard InChI is InChI=1S/C49H36N2O/c1-6-34-35(7-2)43(27-31-16-8-10-19-36(31)34)41-24-15-25-42-48(41)51(5)46-29-33-18-14-23-40(47(33)50(4)30(3)26-45(46)49(42)52)44-28-32-17-9-11-20-37(32)38-21-12-13-22-39(38)44/h6-29H,1-3H2,4-5H3/b45-26+,46-29+. The van der Waals surface area contributed by atoms with E-state index in [0.29, 0.717) is 10.6 Å². The highest BCUT2D eigenvalue weighted by Gasteiger charge is 2.21. The van der Waals surface area contributed by atoms with Gasteiger partial charge >= 0.3 is 0 Å². The number of aryl methyl sites for hydroxylation is 1. The van der Waals surface area contributed by atoms with Gasteiger partial charge in [-0.2, -0.15) is 0 Å². The van der Waals surface area contributed by atoms with Crippen molar-refractivity contribution in [1.82, 2.24) is 4.57 Å². The Labute approximate surface area is 302 Å². The second-order valence-corrected chi connectivity index (χ2v) is 13.5. The highest BCUT2D eigenvalue weighted by atomic mass is 16.1. The zero-order valence-corrected chi connectivity index (χ0v) is 29.3. The number of aromatic nitrogens is 1. The first-order valence-electron chi connectivity index (χ1n) is 17.5. The summed E-state index contributed by atoms with van der Waals surface area (Å²) in [5.74, 6) is 0. The lowest BCUT2D eigenvalue weighted by molar-refractivity contribution is 0.898. The number of fused-ring (bicyclic) bond motifs is 7. The van der Waals surface area contributed by atoms with Gasteiger partial charge in [0, 0.05) is 47.1 Å². The lowest BCUT2D eigenvalue weighted by atomic mass is 9.89. The van der Waals surface area contributed by atoms with Gasteiger partial charge in [-0.1, -0.05) is 135 Å². The number of allylic oxidation sites excluding steroid dienone is 1.